The number of hydrogen-bond donors (Lipinski definition) is 0. The van der Waals surface area contributed by atoms with Crippen molar-refractivity contribution >= 4 is 16.6 Å². The van der Waals surface area contributed by atoms with Gasteiger partial charge in [0.1, 0.15) is 0 Å². The summed E-state index contributed by atoms with van der Waals surface area (Å²) in [4.78, 5) is 18.6. The zero-order valence-electron chi connectivity index (χ0n) is 10.6. The SMILES string of the molecule is O=[N+]([O-])c1ccc2c(ccn2CCc2cnccn2)c1. The van der Waals surface area contributed by atoms with Gasteiger partial charge in [0.15, 0.2) is 0 Å². The van der Waals surface area contributed by atoms with E-state index < -0.39 is 0 Å². The maximum Gasteiger partial charge on any atom is 0.270 e. The van der Waals surface area contributed by atoms with Gasteiger partial charge in [-0.15, -0.1) is 0 Å². The van der Waals surface area contributed by atoms with E-state index in [1.807, 2.05) is 12.3 Å². The number of hydrogen-bond acceptors (Lipinski definition) is 4. The van der Waals surface area contributed by atoms with Crippen molar-refractivity contribution in [1.82, 2.24) is 14.5 Å². The number of fused-ring (bicyclic) bond motifs is 1. The Kier molecular flexibility index (Phi) is 3.12. The van der Waals surface area contributed by atoms with Crippen molar-refractivity contribution in [3.63, 3.8) is 0 Å². The van der Waals surface area contributed by atoms with Gasteiger partial charge < -0.3 is 4.57 Å². The van der Waals surface area contributed by atoms with Gasteiger partial charge >= 0.3 is 0 Å². The lowest BCUT2D eigenvalue weighted by Gasteiger charge is -2.04. The highest BCUT2D eigenvalue weighted by Crippen LogP contribution is 2.22. The quantitative estimate of drug-likeness (QED) is 0.538. The molecule has 0 spiro atoms. The van der Waals surface area contributed by atoms with E-state index in [2.05, 4.69) is 14.5 Å². The van der Waals surface area contributed by atoms with E-state index in [0.717, 1.165) is 29.6 Å². The Morgan fingerprint density at radius 2 is 2.15 bits per heavy atom. The van der Waals surface area contributed by atoms with Crippen LogP contribution in [0, 0.1) is 10.1 Å². The third-order valence-electron chi connectivity index (χ3n) is 3.19. The third-order valence-corrected chi connectivity index (χ3v) is 3.19. The fourth-order valence-electron chi connectivity index (χ4n) is 2.19. The van der Waals surface area contributed by atoms with Crippen LogP contribution in [-0.2, 0) is 13.0 Å². The van der Waals surface area contributed by atoms with Gasteiger partial charge in [0.25, 0.3) is 5.69 Å². The standard InChI is InChI=1S/C14H12N4O2/c19-18(20)13-1-2-14-11(9-13)3-7-17(14)8-4-12-10-15-5-6-16-12/h1-3,5-7,9-10H,4,8H2. The number of aryl methyl sites for hydroxylation is 2. The topological polar surface area (TPSA) is 73.8 Å². The van der Waals surface area contributed by atoms with E-state index in [-0.39, 0.29) is 10.6 Å². The lowest BCUT2D eigenvalue weighted by atomic mass is 10.2. The minimum atomic E-state index is -0.379. The highest BCUT2D eigenvalue weighted by Gasteiger charge is 2.08. The van der Waals surface area contributed by atoms with Crippen molar-refractivity contribution in [1.29, 1.82) is 0 Å². The molecule has 0 fully saturated rings. The third kappa shape index (κ3) is 2.35. The van der Waals surface area contributed by atoms with Crippen LogP contribution in [0.25, 0.3) is 10.9 Å². The van der Waals surface area contributed by atoms with Gasteiger partial charge in [-0.1, -0.05) is 0 Å². The number of nitrogens with zero attached hydrogens (tertiary/aromatic N) is 4. The maximum atomic E-state index is 10.7. The van der Waals surface area contributed by atoms with Crippen LogP contribution in [0.1, 0.15) is 5.69 Å². The molecule has 0 unspecified atom stereocenters. The number of rotatable bonds is 4. The number of nitro groups is 1. The summed E-state index contributed by atoms with van der Waals surface area (Å²) in [5.41, 5.74) is 2.03. The first kappa shape index (κ1) is 12.3. The molecule has 3 aromatic rings. The van der Waals surface area contributed by atoms with E-state index in [9.17, 15) is 10.1 Å². The molecule has 2 aromatic heterocycles. The average Bonchev–Trinajstić information content (AvgIpc) is 2.88. The largest absolute Gasteiger partial charge is 0.347 e. The maximum absolute atomic E-state index is 10.7. The van der Waals surface area contributed by atoms with Crippen molar-refractivity contribution in [2.24, 2.45) is 0 Å². The van der Waals surface area contributed by atoms with E-state index >= 15 is 0 Å². The zero-order chi connectivity index (χ0) is 13.9. The number of aromatic nitrogens is 3. The molecule has 2 heterocycles. The highest BCUT2D eigenvalue weighted by molar-refractivity contribution is 5.82. The number of nitro benzene ring substituents is 1. The van der Waals surface area contributed by atoms with Gasteiger partial charge in [-0.3, -0.25) is 20.1 Å². The van der Waals surface area contributed by atoms with Gasteiger partial charge in [-0.2, -0.15) is 0 Å². The molecule has 0 aliphatic heterocycles. The van der Waals surface area contributed by atoms with Crippen LogP contribution in [0.15, 0.2) is 49.1 Å². The Balaban J connectivity index is 1.84. The molecule has 1 aromatic carbocycles. The summed E-state index contributed by atoms with van der Waals surface area (Å²) in [6, 6.07) is 6.79. The molecular formula is C14H12N4O2. The summed E-state index contributed by atoms with van der Waals surface area (Å²) in [5.74, 6) is 0. The van der Waals surface area contributed by atoms with E-state index in [4.69, 9.17) is 0 Å². The molecule has 20 heavy (non-hydrogen) atoms. The number of non-ortho nitro benzene ring substituents is 1. The second-order valence-electron chi connectivity index (χ2n) is 4.46. The lowest BCUT2D eigenvalue weighted by molar-refractivity contribution is -0.384. The summed E-state index contributed by atoms with van der Waals surface area (Å²) >= 11 is 0. The van der Waals surface area contributed by atoms with Crippen molar-refractivity contribution in [3.8, 4) is 0 Å². The molecule has 0 saturated carbocycles. The minimum Gasteiger partial charge on any atom is -0.347 e. The Morgan fingerprint density at radius 1 is 1.25 bits per heavy atom. The molecular weight excluding hydrogens is 256 g/mol. The first-order valence-electron chi connectivity index (χ1n) is 6.22. The predicted octanol–water partition coefficient (Wildman–Crippen LogP) is 2.58. The number of benzene rings is 1. The summed E-state index contributed by atoms with van der Waals surface area (Å²) in [6.07, 6.45) is 7.77. The summed E-state index contributed by atoms with van der Waals surface area (Å²) < 4.78 is 2.06. The van der Waals surface area contributed by atoms with Crippen molar-refractivity contribution in [3.05, 3.63) is 64.9 Å². The molecule has 0 bridgehead atoms. The predicted molar refractivity (Wildman–Crippen MR) is 74.3 cm³/mol. The molecule has 0 saturated heterocycles. The van der Waals surface area contributed by atoms with Gasteiger partial charge in [-0.05, 0) is 12.1 Å². The van der Waals surface area contributed by atoms with Gasteiger partial charge in [-0.25, -0.2) is 0 Å². The summed E-state index contributed by atoms with van der Waals surface area (Å²) in [7, 11) is 0. The lowest BCUT2D eigenvalue weighted by Crippen LogP contribution is -2.01. The van der Waals surface area contributed by atoms with Crippen LogP contribution in [0.2, 0.25) is 0 Å². The van der Waals surface area contributed by atoms with Gasteiger partial charge in [0, 0.05) is 60.8 Å². The molecule has 0 N–H and O–H groups in total. The van der Waals surface area contributed by atoms with E-state index in [0.29, 0.717) is 0 Å². The molecule has 100 valence electrons. The molecule has 6 nitrogen and oxygen atoms in total. The first-order valence-corrected chi connectivity index (χ1v) is 6.22. The van der Waals surface area contributed by atoms with Gasteiger partial charge in [0.2, 0.25) is 0 Å². The zero-order valence-corrected chi connectivity index (χ0v) is 10.6. The van der Waals surface area contributed by atoms with Crippen LogP contribution in [0.3, 0.4) is 0 Å². The fraction of sp³-hybridized carbons (Fsp3) is 0.143. The minimum absolute atomic E-state index is 0.115. The molecule has 0 amide bonds. The fourth-order valence-corrected chi connectivity index (χ4v) is 2.19. The second-order valence-corrected chi connectivity index (χ2v) is 4.46. The van der Waals surface area contributed by atoms with E-state index in [1.165, 1.54) is 6.07 Å². The van der Waals surface area contributed by atoms with Crippen LogP contribution in [-0.4, -0.2) is 19.5 Å². The van der Waals surface area contributed by atoms with Crippen molar-refractivity contribution < 1.29 is 4.92 Å². The molecule has 0 atom stereocenters. The molecule has 3 rings (SSSR count). The first-order chi connectivity index (χ1) is 9.74. The summed E-state index contributed by atoms with van der Waals surface area (Å²) in [5, 5.41) is 11.6. The van der Waals surface area contributed by atoms with Crippen LogP contribution < -0.4 is 0 Å². The van der Waals surface area contributed by atoms with Crippen molar-refractivity contribution in [2.45, 2.75) is 13.0 Å². The average molecular weight is 268 g/mol. The molecule has 0 aliphatic carbocycles. The Morgan fingerprint density at radius 3 is 2.90 bits per heavy atom. The van der Waals surface area contributed by atoms with E-state index in [1.54, 1.807) is 30.7 Å². The highest BCUT2D eigenvalue weighted by atomic mass is 16.6. The van der Waals surface area contributed by atoms with Crippen LogP contribution in [0.5, 0.6) is 0 Å². The Hall–Kier alpha value is -2.76. The Labute approximate surface area is 114 Å². The summed E-state index contributed by atoms with van der Waals surface area (Å²) in [6.45, 7) is 0.764. The second kappa shape index (κ2) is 5.08. The molecule has 0 aliphatic rings. The van der Waals surface area contributed by atoms with Crippen molar-refractivity contribution in [2.75, 3.05) is 0 Å². The van der Waals surface area contributed by atoms with Crippen LogP contribution in [0.4, 0.5) is 5.69 Å². The van der Waals surface area contributed by atoms with Gasteiger partial charge in [0.05, 0.1) is 10.6 Å². The smallest absolute Gasteiger partial charge is 0.270 e. The molecule has 6 heteroatoms. The van der Waals surface area contributed by atoms with Crippen LogP contribution >= 0.6 is 0 Å². The monoisotopic (exact) mass is 268 g/mol. The Bertz CT molecular complexity index is 752. The molecule has 0 radical (unpaired) electrons. The normalized spacial score (nSPS) is 10.8.